The van der Waals surface area contributed by atoms with E-state index >= 15 is 0 Å². The standard InChI is InChI=1S/C12H20BrNO/c13-7-12(3-4-12)8-14-5-9-1-2-11(15)10(9)6-14/h9-11,15H,1-8H2. The van der Waals surface area contributed by atoms with Gasteiger partial charge in [-0.05, 0) is 37.0 Å². The Morgan fingerprint density at radius 1 is 1.27 bits per heavy atom. The first-order chi connectivity index (χ1) is 7.22. The molecule has 0 aromatic rings. The Morgan fingerprint density at radius 2 is 2.07 bits per heavy atom. The highest BCUT2D eigenvalue weighted by Crippen LogP contribution is 2.49. The van der Waals surface area contributed by atoms with Crippen molar-refractivity contribution in [2.45, 2.75) is 31.8 Å². The van der Waals surface area contributed by atoms with Crippen molar-refractivity contribution in [2.24, 2.45) is 17.3 Å². The van der Waals surface area contributed by atoms with Crippen LogP contribution in [-0.4, -0.2) is 41.1 Å². The van der Waals surface area contributed by atoms with Crippen LogP contribution in [0.15, 0.2) is 0 Å². The minimum absolute atomic E-state index is 0.000812. The molecule has 3 unspecified atom stereocenters. The lowest BCUT2D eigenvalue weighted by atomic mass is 10.00. The Balaban J connectivity index is 1.58. The number of aliphatic hydroxyl groups excluding tert-OH is 1. The number of aliphatic hydroxyl groups is 1. The molecule has 1 heterocycles. The van der Waals surface area contributed by atoms with Crippen LogP contribution in [0, 0.1) is 17.3 Å². The summed E-state index contributed by atoms with van der Waals surface area (Å²) in [6.45, 7) is 3.66. The lowest BCUT2D eigenvalue weighted by Crippen LogP contribution is -2.31. The highest BCUT2D eigenvalue weighted by molar-refractivity contribution is 9.09. The van der Waals surface area contributed by atoms with Crippen molar-refractivity contribution in [3.05, 3.63) is 0 Å². The summed E-state index contributed by atoms with van der Waals surface area (Å²) < 4.78 is 0. The van der Waals surface area contributed by atoms with E-state index in [4.69, 9.17) is 0 Å². The molecule has 15 heavy (non-hydrogen) atoms. The third-order valence-corrected chi connectivity index (χ3v) is 5.88. The largest absolute Gasteiger partial charge is 0.393 e. The van der Waals surface area contributed by atoms with Gasteiger partial charge in [0.05, 0.1) is 6.10 Å². The van der Waals surface area contributed by atoms with E-state index in [1.165, 1.54) is 32.4 Å². The number of halogens is 1. The molecule has 3 atom stereocenters. The monoisotopic (exact) mass is 273 g/mol. The first kappa shape index (κ1) is 10.5. The fraction of sp³-hybridized carbons (Fsp3) is 1.00. The van der Waals surface area contributed by atoms with Crippen LogP contribution in [-0.2, 0) is 0 Å². The van der Waals surface area contributed by atoms with E-state index in [0.29, 0.717) is 11.3 Å². The Labute approximate surface area is 100 Å². The van der Waals surface area contributed by atoms with Gasteiger partial charge in [-0.15, -0.1) is 0 Å². The predicted molar refractivity (Wildman–Crippen MR) is 64.1 cm³/mol. The maximum Gasteiger partial charge on any atom is 0.0583 e. The number of hydrogen-bond donors (Lipinski definition) is 1. The van der Waals surface area contributed by atoms with E-state index in [1.54, 1.807) is 0 Å². The zero-order valence-corrected chi connectivity index (χ0v) is 10.7. The summed E-state index contributed by atoms with van der Waals surface area (Å²) >= 11 is 3.64. The van der Waals surface area contributed by atoms with Gasteiger partial charge in [-0.25, -0.2) is 0 Å². The summed E-state index contributed by atoms with van der Waals surface area (Å²) in [5.74, 6) is 1.39. The van der Waals surface area contributed by atoms with E-state index in [-0.39, 0.29) is 6.10 Å². The van der Waals surface area contributed by atoms with Crippen LogP contribution >= 0.6 is 15.9 Å². The molecular weight excluding hydrogens is 254 g/mol. The van der Waals surface area contributed by atoms with Crippen LogP contribution < -0.4 is 0 Å². The maximum absolute atomic E-state index is 9.85. The first-order valence-electron chi connectivity index (χ1n) is 6.19. The summed E-state index contributed by atoms with van der Waals surface area (Å²) in [5.41, 5.74) is 0.601. The molecule has 1 aliphatic heterocycles. The molecule has 3 rings (SSSR count). The second kappa shape index (κ2) is 3.71. The number of hydrogen-bond acceptors (Lipinski definition) is 2. The molecule has 0 bridgehead atoms. The van der Waals surface area contributed by atoms with Crippen molar-refractivity contribution in [1.82, 2.24) is 4.90 Å². The van der Waals surface area contributed by atoms with Crippen LogP contribution in [0.3, 0.4) is 0 Å². The van der Waals surface area contributed by atoms with E-state index in [0.717, 1.165) is 24.2 Å². The van der Waals surface area contributed by atoms with Crippen molar-refractivity contribution in [3.8, 4) is 0 Å². The van der Waals surface area contributed by atoms with Crippen molar-refractivity contribution in [1.29, 1.82) is 0 Å². The second-order valence-electron chi connectivity index (χ2n) is 5.90. The maximum atomic E-state index is 9.85. The molecule has 86 valence electrons. The number of alkyl halides is 1. The molecule has 1 saturated heterocycles. The van der Waals surface area contributed by atoms with Crippen LogP contribution in [0.25, 0.3) is 0 Å². The fourth-order valence-electron chi connectivity index (χ4n) is 3.44. The van der Waals surface area contributed by atoms with Crippen molar-refractivity contribution >= 4 is 15.9 Å². The number of nitrogens with zero attached hydrogens (tertiary/aromatic N) is 1. The highest BCUT2D eigenvalue weighted by Gasteiger charge is 2.47. The van der Waals surface area contributed by atoms with Gasteiger partial charge in [0.15, 0.2) is 0 Å². The van der Waals surface area contributed by atoms with Crippen LogP contribution in [0.5, 0.6) is 0 Å². The molecule has 3 heteroatoms. The normalized spacial score (nSPS) is 43.2. The van der Waals surface area contributed by atoms with Crippen LogP contribution in [0.1, 0.15) is 25.7 Å². The van der Waals surface area contributed by atoms with Crippen molar-refractivity contribution in [2.75, 3.05) is 25.0 Å². The van der Waals surface area contributed by atoms with Gasteiger partial charge in [0.2, 0.25) is 0 Å². The van der Waals surface area contributed by atoms with E-state index in [2.05, 4.69) is 20.8 Å². The molecule has 0 spiro atoms. The molecule has 1 N–H and O–H groups in total. The molecule has 2 nitrogen and oxygen atoms in total. The lowest BCUT2D eigenvalue weighted by molar-refractivity contribution is 0.122. The summed E-state index contributed by atoms with van der Waals surface area (Å²) in [7, 11) is 0. The minimum atomic E-state index is -0.000812. The Kier molecular flexibility index (Phi) is 2.61. The van der Waals surface area contributed by atoms with E-state index in [9.17, 15) is 5.11 Å². The second-order valence-corrected chi connectivity index (χ2v) is 6.46. The topological polar surface area (TPSA) is 23.5 Å². The average molecular weight is 274 g/mol. The van der Waals surface area contributed by atoms with Crippen molar-refractivity contribution in [3.63, 3.8) is 0 Å². The fourth-order valence-corrected chi connectivity index (χ4v) is 4.18. The first-order valence-corrected chi connectivity index (χ1v) is 7.31. The number of rotatable bonds is 3. The van der Waals surface area contributed by atoms with Gasteiger partial charge in [-0.3, -0.25) is 0 Å². The van der Waals surface area contributed by atoms with Gasteiger partial charge in [0.25, 0.3) is 0 Å². The zero-order valence-electron chi connectivity index (χ0n) is 9.16. The van der Waals surface area contributed by atoms with Crippen LogP contribution in [0.2, 0.25) is 0 Å². The predicted octanol–water partition coefficient (Wildman–Crippen LogP) is 1.86. The van der Waals surface area contributed by atoms with Gasteiger partial charge >= 0.3 is 0 Å². The Bertz CT molecular complexity index is 254. The van der Waals surface area contributed by atoms with Gasteiger partial charge in [-0.1, -0.05) is 15.9 Å². The van der Waals surface area contributed by atoms with E-state index < -0.39 is 0 Å². The molecule has 3 aliphatic rings. The number of likely N-dealkylation sites (tertiary alicyclic amines) is 1. The number of fused-ring (bicyclic) bond motifs is 1. The third kappa shape index (κ3) is 1.87. The molecule has 0 aromatic carbocycles. The molecule has 0 aromatic heterocycles. The third-order valence-electron chi connectivity index (χ3n) is 4.69. The minimum Gasteiger partial charge on any atom is -0.393 e. The molecule has 3 fully saturated rings. The van der Waals surface area contributed by atoms with Gasteiger partial charge in [0.1, 0.15) is 0 Å². The summed E-state index contributed by atoms with van der Waals surface area (Å²) in [5, 5.41) is 11.0. The quantitative estimate of drug-likeness (QED) is 0.794. The molecule has 0 radical (unpaired) electrons. The van der Waals surface area contributed by atoms with E-state index in [1.807, 2.05) is 0 Å². The van der Waals surface area contributed by atoms with Crippen molar-refractivity contribution < 1.29 is 5.11 Å². The summed E-state index contributed by atoms with van der Waals surface area (Å²) in [6.07, 6.45) is 5.09. The smallest absolute Gasteiger partial charge is 0.0583 e. The molecular formula is C12H20BrNO. The van der Waals surface area contributed by atoms with Crippen LogP contribution in [0.4, 0.5) is 0 Å². The average Bonchev–Trinajstić information content (AvgIpc) is 2.76. The molecule has 0 amide bonds. The zero-order chi connectivity index (χ0) is 10.5. The molecule has 2 aliphatic carbocycles. The lowest BCUT2D eigenvalue weighted by Gasteiger charge is -2.22. The highest BCUT2D eigenvalue weighted by atomic mass is 79.9. The SMILES string of the molecule is OC1CCC2CN(CC3(CBr)CC3)CC12. The summed E-state index contributed by atoms with van der Waals surface area (Å²) in [4.78, 5) is 2.60. The van der Waals surface area contributed by atoms with Gasteiger partial charge < -0.3 is 10.0 Å². The Morgan fingerprint density at radius 3 is 2.67 bits per heavy atom. The Hall–Kier alpha value is 0.400. The van der Waals surface area contributed by atoms with Gasteiger partial charge in [-0.2, -0.15) is 0 Å². The molecule has 2 saturated carbocycles. The summed E-state index contributed by atoms with van der Waals surface area (Å²) in [6, 6.07) is 0. The van der Waals surface area contributed by atoms with Gasteiger partial charge in [0, 0.05) is 30.9 Å².